The SMILES string of the molecule is O=C(CSc1nnc(NC(=O)c2cccc(S(=O)(=O)N3CCCC3)c2)s1)c1ccccc1. The average molecular weight is 489 g/mol. The highest BCUT2D eigenvalue weighted by Crippen LogP contribution is 2.27. The number of Topliss-reactive ketones (excluding diaryl/α,β-unsaturated/α-hetero) is 1. The first-order valence-corrected chi connectivity index (χ1v) is 13.1. The molecule has 3 aromatic rings. The van der Waals surface area contributed by atoms with Crippen LogP contribution < -0.4 is 5.32 Å². The lowest BCUT2D eigenvalue weighted by atomic mass is 10.2. The first kappa shape index (κ1) is 22.6. The van der Waals surface area contributed by atoms with E-state index >= 15 is 0 Å². The minimum Gasteiger partial charge on any atom is -0.296 e. The summed E-state index contributed by atoms with van der Waals surface area (Å²) in [6, 6.07) is 14.9. The number of rotatable bonds is 8. The lowest BCUT2D eigenvalue weighted by Gasteiger charge is -2.15. The van der Waals surface area contributed by atoms with E-state index in [0.717, 1.165) is 24.2 Å². The highest BCUT2D eigenvalue weighted by atomic mass is 32.2. The topological polar surface area (TPSA) is 109 Å². The molecule has 1 aliphatic rings. The zero-order chi connectivity index (χ0) is 22.6. The molecular weight excluding hydrogens is 468 g/mol. The van der Waals surface area contributed by atoms with Gasteiger partial charge < -0.3 is 0 Å². The van der Waals surface area contributed by atoms with Gasteiger partial charge in [0.15, 0.2) is 10.1 Å². The molecule has 0 saturated carbocycles. The maximum absolute atomic E-state index is 12.7. The molecule has 0 atom stereocenters. The van der Waals surface area contributed by atoms with E-state index in [1.165, 1.54) is 28.2 Å². The highest BCUT2D eigenvalue weighted by Gasteiger charge is 2.27. The molecule has 11 heteroatoms. The number of carbonyl (C=O) groups excluding carboxylic acids is 2. The van der Waals surface area contributed by atoms with Crippen LogP contribution in [0.2, 0.25) is 0 Å². The first-order valence-electron chi connectivity index (χ1n) is 9.89. The molecule has 0 radical (unpaired) electrons. The van der Waals surface area contributed by atoms with Crippen LogP contribution in [-0.2, 0) is 10.0 Å². The third-order valence-electron chi connectivity index (χ3n) is 4.85. The Morgan fingerprint density at radius 2 is 1.72 bits per heavy atom. The van der Waals surface area contributed by atoms with Crippen molar-refractivity contribution < 1.29 is 18.0 Å². The van der Waals surface area contributed by atoms with Crippen molar-refractivity contribution in [1.82, 2.24) is 14.5 Å². The molecule has 1 aromatic heterocycles. The van der Waals surface area contributed by atoms with Crippen molar-refractivity contribution in [2.45, 2.75) is 22.1 Å². The number of thioether (sulfide) groups is 1. The Bertz CT molecular complexity index is 1220. The second-order valence-electron chi connectivity index (χ2n) is 7.04. The number of ketones is 1. The summed E-state index contributed by atoms with van der Waals surface area (Å²) in [4.78, 5) is 24.9. The van der Waals surface area contributed by atoms with E-state index in [-0.39, 0.29) is 27.1 Å². The molecule has 0 aliphatic carbocycles. The number of aromatic nitrogens is 2. The molecule has 0 bridgehead atoms. The van der Waals surface area contributed by atoms with Gasteiger partial charge in [-0.15, -0.1) is 10.2 Å². The number of carbonyl (C=O) groups is 2. The summed E-state index contributed by atoms with van der Waals surface area (Å²) in [6.45, 7) is 0.994. The molecule has 8 nitrogen and oxygen atoms in total. The summed E-state index contributed by atoms with van der Waals surface area (Å²) in [5, 5.41) is 10.9. The van der Waals surface area contributed by atoms with Gasteiger partial charge in [0.25, 0.3) is 5.91 Å². The number of nitrogens with zero attached hydrogens (tertiary/aromatic N) is 3. The monoisotopic (exact) mass is 488 g/mol. The maximum Gasteiger partial charge on any atom is 0.257 e. The smallest absolute Gasteiger partial charge is 0.257 e. The second kappa shape index (κ2) is 9.90. The molecule has 2 heterocycles. The van der Waals surface area contributed by atoms with Crippen LogP contribution in [0.3, 0.4) is 0 Å². The van der Waals surface area contributed by atoms with Crippen molar-refractivity contribution in [2.24, 2.45) is 0 Å². The van der Waals surface area contributed by atoms with Gasteiger partial charge in [-0.3, -0.25) is 14.9 Å². The van der Waals surface area contributed by atoms with Gasteiger partial charge in [0.05, 0.1) is 10.6 Å². The predicted molar refractivity (Wildman–Crippen MR) is 124 cm³/mol. The number of hydrogen-bond donors (Lipinski definition) is 1. The minimum atomic E-state index is -3.61. The van der Waals surface area contributed by atoms with Crippen LogP contribution in [0.4, 0.5) is 5.13 Å². The zero-order valence-corrected chi connectivity index (χ0v) is 19.4. The van der Waals surface area contributed by atoms with Crippen molar-refractivity contribution in [3.05, 3.63) is 65.7 Å². The lowest BCUT2D eigenvalue weighted by molar-refractivity contribution is 0.101. The van der Waals surface area contributed by atoms with E-state index in [1.807, 2.05) is 18.2 Å². The summed E-state index contributed by atoms with van der Waals surface area (Å²) in [5.74, 6) is -0.285. The number of hydrogen-bond acceptors (Lipinski definition) is 8. The zero-order valence-electron chi connectivity index (χ0n) is 16.9. The Morgan fingerprint density at radius 1 is 1.00 bits per heavy atom. The van der Waals surface area contributed by atoms with Crippen LogP contribution in [0.15, 0.2) is 63.8 Å². The van der Waals surface area contributed by atoms with E-state index in [9.17, 15) is 18.0 Å². The summed E-state index contributed by atoms with van der Waals surface area (Å²) in [7, 11) is -3.61. The summed E-state index contributed by atoms with van der Waals surface area (Å²) in [5.41, 5.74) is 0.843. The standard InChI is InChI=1S/C21H20N4O4S3/c26-18(15-7-2-1-3-8-15)14-30-21-24-23-20(31-21)22-19(27)16-9-6-10-17(13-16)32(28,29)25-11-4-5-12-25/h1-3,6-10,13H,4-5,11-12,14H2,(H,22,23,27). The number of anilines is 1. The average Bonchev–Trinajstić information content (AvgIpc) is 3.51. The summed E-state index contributed by atoms with van der Waals surface area (Å²) >= 11 is 2.40. The molecular formula is C21H20N4O4S3. The van der Waals surface area contributed by atoms with Gasteiger partial charge in [-0.2, -0.15) is 4.31 Å². The normalized spacial score (nSPS) is 14.4. The van der Waals surface area contributed by atoms with Gasteiger partial charge >= 0.3 is 0 Å². The molecule has 1 aliphatic heterocycles. The maximum atomic E-state index is 12.7. The fourth-order valence-electron chi connectivity index (χ4n) is 3.20. The number of amides is 1. The molecule has 2 aromatic carbocycles. The van der Waals surface area contributed by atoms with Gasteiger partial charge in [0, 0.05) is 24.2 Å². The van der Waals surface area contributed by atoms with Crippen molar-refractivity contribution in [2.75, 3.05) is 24.2 Å². The lowest BCUT2D eigenvalue weighted by Crippen LogP contribution is -2.28. The summed E-state index contributed by atoms with van der Waals surface area (Å²) < 4.78 is 27.5. The van der Waals surface area contributed by atoms with Gasteiger partial charge in [-0.05, 0) is 31.0 Å². The minimum absolute atomic E-state index is 0.0209. The van der Waals surface area contributed by atoms with Crippen molar-refractivity contribution >= 4 is 49.9 Å². The van der Waals surface area contributed by atoms with Crippen LogP contribution in [0.1, 0.15) is 33.6 Å². The van der Waals surface area contributed by atoms with Crippen LogP contribution in [0.25, 0.3) is 0 Å². The first-order chi connectivity index (χ1) is 15.4. The van der Waals surface area contributed by atoms with E-state index < -0.39 is 15.9 Å². The fourth-order valence-corrected chi connectivity index (χ4v) is 6.40. The van der Waals surface area contributed by atoms with E-state index in [4.69, 9.17) is 0 Å². The molecule has 0 unspecified atom stereocenters. The number of sulfonamides is 1. The fraction of sp³-hybridized carbons (Fsp3) is 0.238. The molecule has 1 fully saturated rings. The van der Waals surface area contributed by atoms with Gasteiger partial charge in [-0.1, -0.05) is 59.5 Å². The molecule has 1 saturated heterocycles. The van der Waals surface area contributed by atoms with E-state index in [1.54, 1.807) is 24.3 Å². The van der Waals surface area contributed by atoms with Gasteiger partial charge in [0.2, 0.25) is 15.2 Å². The molecule has 166 valence electrons. The molecule has 1 N–H and O–H groups in total. The third kappa shape index (κ3) is 5.23. The van der Waals surface area contributed by atoms with Crippen LogP contribution in [-0.4, -0.2) is 53.5 Å². The van der Waals surface area contributed by atoms with Crippen LogP contribution in [0, 0.1) is 0 Å². The van der Waals surface area contributed by atoms with Gasteiger partial charge in [0.1, 0.15) is 0 Å². The number of nitrogens with one attached hydrogen (secondary N) is 1. The highest BCUT2D eigenvalue weighted by molar-refractivity contribution is 8.01. The molecule has 1 amide bonds. The molecule has 0 spiro atoms. The Kier molecular flexibility index (Phi) is 6.99. The predicted octanol–water partition coefficient (Wildman–Crippen LogP) is 3.55. The Hall–Kier alpha value is -2.60. The van der Waals surface area contributed by atoms with Crippen LogP contribution in [0.5, 0.6) is 0 Å². The van der Waals surface area contributed by atoms with E-state index in [2.05, 4.69) is 15.5 Å². The molecule has 32 heavy (non-hydrogen) atoms. The molecule has 4 rings (SSSR count). The Morgan fingerprint density at radius 3 is 2.47 bits per heavy atom. The van der Waals surface area contributed by atoms with Crippen molar-refractivity contribution in [3.63, 3.8) is 0 Å². The van der Waals surface area contributed by atoms with Crippen LogP contribution >= 0.6 is 23.1 Å². The van der Waals surface area contributed by atoms with Crippen molar-refractivity contribution in [3.8, 4) is 0 Å². The summed E-state index contributed by atoms with van der Waals surface area (Å²) in [6.07, 6.45) is 1.68. The number of benzene rings is 2. The Labute approximate surface area is 194 Å². The van der Waals surface area contributed by atoms with Crippen molar-refractivity contribution in [1.29, 1.82) is 0 Å². The van der Waals surface area contributed by atoms with Gasteiger partial charge in [-0.25, -0.2) is 8.42 Å². The third-order valence-corrected chi connectivity index (χ3v) is 8.72. The Balaban J connectivity index is 1.38. The van der Waals surface area contributed by atoms with E-state index in [0.29, 0.717) is 23.0 Å². The second-order valence-corrected chi connectivity index (χ2v) is 11.2. The quantitative estimate of drug-likeness (QED) is 0.293. The largest absolute Gasteiger partial charge is 0.296 e.